The van der Waals surface area contributed by atoms with Gasteiger partial charge in [0.15, 0.2) is 0 Å². The predicted molar refractivity (Wildman–Crippen MR) is 65.3 cm³/mol. The van der Waals surface area contributed by atoms with Crippen LogP contribution in [0.5, 0.6) is 5.75 Å². The maximum atomic E-state index is 10.8. The van der Waals surface area contributed by atoms with Crippen LogP contribution < -0.4 is 0 Å². The van der Waals surface area contributed by atoms with Crippen molar-refractivity contribution in [2.75, 3.05) is 0 Å². The van der Waals surface area contributed by atoms with Crippen molar-refractivity contribution in [1.29, 1.82) is 0 Å². The lowest BCUT2D eigenvalue weighted by Gasteiger charge is -2.03. The van der Waals surface area contributed by atoms with E-state index in [0.717, 1.165) is 14.3 Å². The molecule has 0 heterocycles. The highest BCUT2D eigenvalue weighted by Crippen LogP contribution is 2.26. The third-order valence-corrected chi connectivity index (χ3v) is 3.03. The molecule has 0 saturated heterocycles. The molecule has 0 spiro atoms. The molecule has 0 saturated carbocycles. The molecule has 3 nitrogen and oxygen atoms in total. The molecule has 0 bridgehead atoms. The molecule has 15 heavy (non-hydrogen) atoms. The summed E-state index contributed by atoms with van der Waals surface area (Å²) in [6, 6.07) is 8.07. The summed E-state index contributed by atoms with van der Waals surface area (Å²) in [4.78, 5) is 10.8. The third kappa shape index (κ3) is 1.90. The standard InChI is InChI=1S/C11H7IO3/c12-10-4-7(11(14)15)3-6-1-2-8(13)5-9(6)10/h1-5,13H,(H,14,15). The normalized spacial score (nSPS) is 10.5. The summed E-state index contributed by atoms with van der Waals surface area (Å²) in [5.41, 5.74) is 0.262. The fourth-order valence-corrected chi connectivity index (χ4v) is 2.23. The van der Waals surface area contributed by atoms with Gasteiger partial charge in [-0.25, -0.2) is 4.79 Å². The van der Waals surface area contributed by atoms with Crippen LogP contribution >= 0.6 is 22.6 Å². The topological polar surface area (TPSA) is 57.5 Å². The Balaban J connectivity index is 2.78. The van der Waals surface area contributed by atoms with Gasteiger partial charge in [0.2, 0.25) is 0 Å². The van der Waals surface area contributed by atoms with Crippen molar-refractivity contribution in [2.24, 2.45) is 0 Å². The zero-order valence-electron chi connectivity index (χ0n) is 7.57. The van der Waals surface area contributed by atoms with Crippen LogP contribution in [0.4, 0.5) is 0 Å². The van der Waals surface area contributed by atoms with Crippen LogP contribution in [-0.2, 0) is 0 Å². The lowest BCUT2D eigenvalue weighted by atomic mass is 10.1. The van der Waals surface area contributed by atoms with E-state index in [4.69, 9.17) is 5.11 Å². The molecule has 0 fully saturated rings. The molecule has 76 valence electrons. The van der Waals surface area contributed by atoms with Crippen LogP contribution in [0.3, 0.4) is 0 Å². The highest BCUT2D eigenvalue weighted by atomic mass is 127. The zero-order chi connectivity index (χ0) is 11.0. The van der Waals surface area contributed by atoms with Crippen LogP contribution in [0, 0.1) is 3.57 Å². The number of rotatable bonds is 1. The van der Waals surface area contributed by atoms with E-state index in [1.165, 1.54) is 0 Å². The third-order valence-electron chi connectivity index (χ3n) is 2.13. The van der Waals surface area contributed by atoms with Gasteiger partial charge in [0.1, 0.15) is 5.75 Å². The Labute approximate surface area is 99.5 Å². The molecular weight excluding hydrogens is 307 g/mol. The van der Waals surface area contributed by atoms with Gasteiger partial charge in [-0.05, 0) is 57.6 Å². The first kappa shape index (κ1) is 10.2. The molecule has 0 radical (unpaired) electrons. The van der Waals surface area contributed by atoms with Crippen molar-refractivity contribution < 1.29 is 15.0 Å². The summed E-state index contributed by atoms with van der Waals surface area (Å²) in [6.45, 7) is 0. The van der Waals surface area contributed by atoms with Gasteiger partial charge in [-0.15, -0.1) is 0 Å². The first-order valence-corrected chi connectivity index (χ1v) is 5.31. The molecule has 0 aromatic heterocycles. The van der Waals surface area contributed by atoms with E-state index in [0.29, 0.717) is 0 Å². The Morgan fingerprint density at radius 3 is 2.60 bits per heavy atom. The number of aromatic carboxylic acids is 1. The van der Waals surface area contributed by atoms with Crippen molar-refractivity contribution in [3.05, 3.63) is 39.5 Å². The van der Waals surface area contributed by atoms with E-state index >= 15 is 0 Å². The van der Waals surface area contributed by atoms with Crippen molar-refractivity contribution in [2.45, 2.75) is 0 Å². The molecule has 0 unspecified atom stereocenters. The van der Waals surface area contributed by atoms with Crippen LogP contribution in [0.25, 0.3) is 10.8 Å². The summed E-state index contributed by atoms with van der Waals surface area (Å²) in [5, 5.41) is 19.9. The van der Waals surface area contributed by atoms with E-state index in [-0.39, 0.29) is 11.3 Å². The van der Waals surface area contributed by atoms with Crippen molar-refractivity contribution in [1.82, 2.24) is 0 Å². The first-order chi connectivity index (χ1) is 7.08. The highest BCUT2D eigenvalue weighted by Gasteiger charge is 2.07. The van der Waals surface area contributed by atoms with E-state index < -0.39 is 5.97 Å². The molecule has 0 amide bonds. The lowest BCUT2D eigenvalue weighted by molar-refractivity contribution is 0.0697. The average molecular weight is 314 g/mol. The number of carboxylic acid groups (broad SMARTS) is 1. The number of hydrogen-bond donors (Lipinski definition) is 2. The van der Waals surface area contributed by atoms with Gasteiger partial charge in [0.05, 0.1) is 5.56 Å². The van der Waals surface area contributed by atoms with E-state index in [1.54, 1.807) is 30.3 Å². The van der Waals surface area contributed by atoms with Gasteiger partial charge in [0.25, 0.3) is 0 Å². The number of carbonyl (C=O) groups is 1. The van der Waals surface area contributed by atoms with Gasteiger partial charge in [0, 0.05) is 3.57 Å². The molecular formula is C11H7IO3. The minimum atomic E-state index is -0.942. The largest absolute Gasteiger partial charge is 0.508 e. The maximum Gasteiger partial charge on any atom is 0.335 e. The number of phenolic OH excluding ortho intramolecular Hbond substituents is 1. The van der Waals surface area contributed by atoms with Gasteiger partial charge in [-0.3, -0.25) is 0 Å². The number of phenols is 1. The molecule has 2 rings (SSSR count). The second-order valence-electron chi connectivity index (χ2n) is 3.17. The molecule has 0 aliphatic carbocycles. The van der Waals surface area contributed by atoms with Crippen molar-refractivity contribution in [3.63, 3.8) is 0 Å². The number of halogens is 1. The molecule has 2 N–H and O–H groups in total. The maximum absolute atomic E-state index is 10.8. The smallest absolute Gasteiger partial charge is 0.335 e. The molecule has 4 heteroatoms. The number of aromatic hydroxyl groups is 1. The van der Waals surface area contributed by atoms with E-state index in [1.807, 2.05) is 0 Å². The first-order valence-electron chi connectivity index (χ1n) is 4.23. The van der Waals surface area contributed by atoms with Crippen LogP contribution in [0.2, 0.25) is 0 Å². The Hall–Kier alpha value is -1.30. The Kier molecular flexibility index (Phi) is 2.52. The second-order valence-corrected chi connectivity index (χ2v) is 4.33. The Bertz CT molecular complexity index is 549. The van der Waals surface area contributed by atoms with E-state index in [9.17, 15) is 9.90 Å². The summed E-state index contributed by atoms with van der Waals surface area (Å²) in [6.07, 6.45) is 0. The van der Waals surface area contributed by atoms with Crippen LogP contribution in [-0.4, -0.2) is 16.2 Å². The molecule has 2 aromatic rings. The zero-order valence-corrected chi connectivity index (χ0v) is 9.72. The summed E-state index contributed by atoms with van der Waals surface area (Å²) in [7, 11) is 0. The number of fused-ring (bicyclic) bond motifs is 1. The molecule has 0 aliphatic heterocycles. The number of benzene rings is 2. The SMILES string of the molecule is O=C(O)c1cc(I)c2cc(O)ccc2c1. The minimum Gasteiger partial charge on any atom is -0.508 e. The summed E-state index contributed by atoms with van der Waals surface area (Å²) < 4.78 is 0.818. The minimum absolute atomic E-state index is 0.184. The second kappa shape index (κ2) is 3.69. The molecule has 2 aromatic carbocycles. The van der Waals surface area contributed by atoms with Crippen LogP contribution in [0.15, 0.2) is 30.3 Å². The fourth-order valence-electron chi connectivity index (χ4n) is 1.42. The molecule has 0 aliphatic rings. The van der Waals surface area contributed by atoms with Crippen LogP contribution in [0.1, 0.15) is 10.4 Å². The van der Waals surface area contributed by atoms with Gasteiger partial charge in [-0.1, -0.05) is 6.07 Å². The molecule has 0 atom stereocenters. The van der Waals surface area contributed by atoms with Gasteiger partial charge in [-0.2, -0.15) is 0 Å². The van der Waals surface area contributed by atoms with Crippen molar-refractivity contribution in [3.8, 4) is 5.75 Å². The predicted octanol–water partition coefficient (Wildman–Crippen LogP) is 2.85. The Morgan fingerprint density at radius 1 is 1.20 bits per heavy atom. The summed E-state index contributed by atoms with van der Waals surface area (Å²) >= 11 is 2.06. The average Bonchev–Trinajstić information content (AvgIpc) is 2.18. The Morgan fingerprint density at radius 2 is 1.93 bits per heavy atom. The fraction of sp³-hybridized carbons (Fsp3) is 0. The lowest BCUT2D eigenvalue weighted by Crippen LogP contribution is -1.96. The van der Waals surface area contributed by atoms with Gasteiger partial charge < -0.3 is 10.2 Å². The highest BCUT2D eigenvalue weighted by molar-refractivity contribution is 14.1. The number of hydrogen-bond acceptors (Lipinski definition) is 2. The summed E-state index contributed by atoms with van der Waals surface area (Å²) in [5.74, 6) is -0.758. The van der Waals surface area contributed by atoms with Crippen molar-refractivity contribution >= 4 is 39.3 Å². The quantitative estimate of drug-likeness (QED) is 0.796. The van der Waals surface area contributed by atoms with E-state index in [2.05, 4.69) is 22.6 Å². The van der Waals surface area contributed by atoms with Gasteiger partial charge >= 0.3 is 5.97 Å². The monoisotopic (exact) mass is 314 g/mol. The number of carboxylic acids is 1.